The zero-order valence-electron chi connectivity index (χ0n) is 21.2. The largest absolute Gasteiger partial charge is 0.494 e. The third kappa shape index (κ3) is 7.01. The molecule has 0 spiro atoms. The van der Waals surface area contributed by atoms with Crippen LogP contribution in [0.1, 0.15) is 55.6 Å². The van der Waals surface area contributed by atoms with E-state index in [0.717, 1.165) is 59.8 Å². The Morgan fingerprint density at radius 3 is 2.54 bits per heavy atom. The highest BCUT2D eigenvalue weighted by Gasteiger charge is 2.26. The van der Waals surface area contributed by atoms with Gasteiger partial charge in [-0.3, -0.25) is 4.79 Å². The highest BCUT2D eigenvalue weighted by molar-refractivity contribution is 5.98. The Morgan fingerprint density at radius 2 is 1.83 bits per heavy atom. The van der Waals surface area contributed by atoms with Crippen LogP contribution in [0.5, 0.6) is 17.2 Å². The molecular weight excluding hydrogens is 440 g/mol. The van der Waals surface area contributed by atoms with E-state index in [1.54, 1.807) is 7.11 Å². The fraction of sp³-hybridized carbons (Fsp3) is 0.483. The van der Waals surface area contributed by atoms with Crippen molar-refractivity contribution in [3.8, 4) is 17.2 Å². The summed E-state index contributed by atoms with van der Waals surface area (Å²) in [6.45, 7) is 2.31. The molecule has 2 aromatic carbocycles. The lowest BCUT2D eigenvalue weighted by Gasteiger charge is -2.26. The molecule has 1 heterocycles. The summed E-state index contributed by atoms with van der Waals surface area (Å²) < 4.78 is 17.7. The molecule has 1 aliphatic carbocycles. The van der Waals surface area contributed by atoms with Gasteiger partial charge in [0.25, 0.3) is 0 Å². The average Bonchev–Trinajstić information content (AvgIpc) is 3.37. The Bertz CT molecular complexity index is 1010. The summed E-state index contributed by atoms with van der Waals surface area (Å²) in [4.78, 5) is 14.8. The first kappa shape index (κ1) is 25.1. The fourth-order valence-corrected chi connectivity index (χ4v) is 4.78. The van der Waals surface area contributed by atoms with E-state index >= 15 is 0 Å². The second-order valence-corrected chi connectivity index (χ2v) is 9.79. The molecule has 1 aliphatic heterocycles. The van der Waals surface area contributed by atoms with Gasteiger partial charge in [0.05, 0.1) is 19.8 Å². The van der Waals surface area contributed by atoms with Gasteiger partial charge in [-0.1, -0.05) is 18.2 Å². The van der Waals surface area contributed by atoms with Crippen LogP contribution >= 0.6 is 0 Å². The first-order chi connectivity index (χ1) is 17.0. The number of methoxy groups -OCH3 is 1. The Hall–Kier alpha value is -2.99. The number of amides is 1. The molecule has 1 saturated carbocycles. The van der Waals surface area contributed by atoms with Crippen molar-refractivity contribution in [1.29, 1.82) is 0 Å². The van der Waals surface area contributed by atoms with Gasteiger partial charge in [0, 0.05) is 24.6 Å². The van der Waals surface area contributed by atoms with Crippen LogP contribution in [-0.4, -0.2) is 57.8 Å². The molecule has 2 aromatic rings. The number of carbonyl (C=O) groups is 1. The quantitative estimate of drug-likeness (QED) is 0.383. The number of piperidine rings is 1. The lowest BCUT2D eigenvalue weighted by molar-refractivity contribution is -0.118. The van der Waals surface area contributed by atoms with Gasteiger partial charge < -0.3 is 24.4 Å². The zero-order valence-corrected chi connectivity index (χ0v) is 21.2. The van der Waals surface area contributed by atoms with Gasteiger partial charge in [0.15, 0.2) is 11.5 Å². The van der Waals surface area contributed by atoms with Crippen LogP contribution in [0.3, 0.4) is 0 Å². The molecule has 1 N–H and O–H groups in total. The van der Waals surface area contributed by atoms with Crippen LogP contribution in [0.4, 0.5) is 0 Å². The van der Waals surface area contributed by atoms with Gasteiger partial charge >= 0.3 is 0 Å². The minimum absolute atomic E-state index is 0.00111. The second kappa shape index (κ2) is 12.1. The number of hydrogen-bond acceptors (Lipinski definition) is 5. The number of benzene rings is 2. The topological polar surface area (TPSA) is 60.0 Å². The summed E-state index contributed by atoms with van der Waals surface area (Å²) in [5.41, 5.74) is 2.94. The molecule has 6 heteroatoms. The smallest absolute Gasteiger partial charge is 0.247 e. The maximum absolute atomic E-state index is 12.6. The number of nitrogens with zero attached hydrogens (tertiary/aromatic N) is 1. The molecule has 35 heavy (non-hydrogen) atoms. The van der Waals surface area contributed by atoms with Gasteiger partial charge in [-0.05, 0) is 94.1 Å². The van der Waals surface area contributed by atoms with Crippen LogP contribution in [0, 0.1) is 0 Å². The maximum Gasteiger partial charge on any atom is 0.247 e. The highest BCUT2D eigenvalue weighted by atomic mass is 16.5. The number of carbonyl (C=O) groups excluding carboxylic acids is 1. The van der Waals surface area contributed by atoms with Gasteiger partial charge in [0.2, 0.25) is 5.91 Å². The molecule has 2 aliphatic rings. The van der Waals surface area contributed by atoms with Gasteiger partial charge in [-0.2, -0.15) is 0 Å². The molecule has 1 saturated heterocycles. The van der Waals surface area contributed by atoms with Crippen LogP contribution in [0.15, 0.2) is 48.0 Å². The molecule has 0 radical (unpaired) electrons. The lowest BCUT2D eigenvalue weighted by atomic mass is 9.87. The van der Waals surface area contributed by atoms with Crippen molar-refractivity contribution in [1.82, 2.24) is 10.2 Å². The molecule has 0 unspecified atom stereocenters. The average molecular weight is 479 g/mol. The van der Waals surface area contributed by atoms with Gasteiger partial charge in [-0.15, -0.1) is 0 Å². The van der Waals surface area contributed by atoms with Crippen molar-refractivity contribution in [2.75, 3.05) is 40.9 Å². The van der Waals surface area contributed by atoms with Crippen molar-refractivity contribution in [3.63, 3.8) is 0 Å². The Labute approximate surface area is 209 Å². The van der Waals surface area contributed by atoms with E-state index in [2.05, 4.69) is 36.4 Å². The van der Waals surface area contributed by atoms with E-state index in [1.165, 1.54) is 12.8 Å². The molecule has 1 amide bonds. The van der Waals surface area contributed by atoms with Crippen molar-refractivity contribution in [2.45, 2.75) is 50.5 Å². The lowest BCUT2D eigenvalue weighted by Crippen LogP contribution is -2.35. The summed E-state index contributed by atoms with van der Waals surface area (Å²) in [7, 11) is 5.80. The van der Waals surface area contributed by atoms with Crippen molar-refractivity contribution in [2.24, 2.45) is 0 Å². The predicted octanol–water partition coefficient (Wildman–Crippen LogP) is 5.03. The van der Waals surface area contributed by atoms with E-state index in [1.807, 2.05) is 36.4 Å². The Morgan fingerprint density at radius 1 is 1.06 bits per heavy atom. The summed E-state index contributed by atoms with van der Waals surface area (Å²) in [6.07, 6.45) is 8.55. The van der Waals surface area contributed by atoms with E-state index in [-0.39, 0.29) is 17.9 Å². The molecule has 6 nitrogen and oxygen atoms in total. The second-order valence-electron chi connectivity index (χ2n) is 9.79. The standard InChI is InChI=1S/C29H38N2O4/c1-31(2)15-6-16-34-25-12-9-21(10-13-25)17-23-18-24(20-30-29(23)32)22-11-14-27(33-3)28(19-22)35-26-7-4-5-8-26/h9-14,17,19,24,26H,4-8,15-16,18,20H2,1-3H3,(H,30,32)/b23-17+/t24-/m1/s1. The minimum atomic E-state index is 0.00111. The number of hydrogen-bond donors (Lipinski definition) is 1. The van der Waals surface area contributed by atoms with Crippen molar-refractivity contribution >= 4 is 12.0 Å². The molecule has 188 valence electrons. The SMILES string of the molecule is COc1ccc([C@H]2CNC(=O)/C(=C/c3ccc(OCCCN(C)C)cc3)C2)cc1OC1CCCC1. The maximum atomic E-state index is 12.6. The Balaban J connectivity index is 1.42. The molecule has 0 bridgehead atoms. The highest BCUT2D eigenvalue weighted by Crippen LogP contribution is 2.36. The number of nitrogens with one attached hydrogen (secondary N) is 1. The molecule has 0 aromatic heterocycles. The van der Waals surface area contributed by atoms with Crippen molar-refractivity contribution < 1.29 is 19.0 Å². The zero-order chi connectivity index (χ0) is 24.6. The third-order valence-corrected chi connectivity index (χ3v) is 6.76. The Kier molecular flexibility index (Phi) is 8.69. The predicted molar refractivity (Wildman–Crippen MR) is 139 cm³/mol. The third-order valence-electron chi connectivity index (χ3n) is 6.76. The molecule has 4 rings (SSSR count). The minimum Gasteiger partial charge on any atom is -0.494 e. The van der Waals surface area contributed by atoms with Crippen LogP contribution in [0.2, 0.25) is 0 Å². The summed E-state index contributed by atoms with van der Waals surface area (Å²) >= 11 is 0. The summed E-state index contributed by atoms with van der Waals surface area (Å²) in [5, 5.41) is 3.07. The molecule has 1 atom stereocenters. The number of rotatable bonds is 10. The van der Waals surface area contributed by atoms with Crippen LogP contribution in [0.25, 0.3) is 6.08 Å². The van der Waals surface area contributed by atoms with Gasteiger partial charge in [0.1, 0.15) is 5.75 Å². The van der Waals surface area contributed by atoms with E-state index in [9.17, 15) is 4.79 Å². The molecular formula is C29H38N2O4. The van der Waals surface area contributed by atoms with E-state index < -0.39 is 0 Å². The summed E-state index contributed by atoms with van der Waals surface area (Å²) in [5.74, 6) is 2.61. The van der Waals surface area contributed by atoms with E-state index in [4.69, 9.17) is 14.2 Å². The van der Waals surface area contributed by atoms with Crippen LogP contribution < -0.4 is 19.5 Å². The van der Waals surface area contributed by atoms with Gasteiger partial charge in [-0.25, -0.2) is 0 Å². The summed E-state index contributed by atoms with van der Waals surface area (Å²) in [6, 6.07) is 14.1. The monoisotopic (exact) mass is 478 g/mol. The van der Waals surface area contributed by atoms with Crippen LogP contribution in [-0.2, 0) is 4.79 Å². The van der Waals surface area contributed by atoms with E-state index in [0.29, 0.717) is 19.6 Å². The number of ether oxygens (including phenoxy) is 3. The first-order valence-corrected chi connectivity index (χ1v) is 12.7. The fourth-order valence-electron chi connectivity index (χ4n) is 4.78. The molecule has 2 fully saturated rings. The van der Waals surface area contributed by atoms with Crippen molar-refractivity contribution in [3.05, 3.63) is 59.2 Å². The first-order valence-electron chi connectivity index (χ1n) is 12.7. The normalized spacial score (nSPS) is 19.7.